The summed E-state index contributed by atoms with van der Waals surface area (Å²) < 4.78 is 10.5. The molecule has 1 unspecified atom stereocenters. The lowest BCUT2D eigenvalue weighted by atomic mass is 10.1. The molecule has 102 valence electrons. The maximum absolute atomic E-state index is 12.0. The highest BCUT2D eigenvalue weighted by Crippen LogP contribution is 2.35. The number of esters is 1. The molecule has 0 saturated heterocycles. The summed E-state index contributed by atoms with van der Waals surface area (Å²) in [7, 11) is 0. The number of thioether (sulfide) groups is 1. The van der Waals surface area contributed by atoms with Crippen molar-refractivity contribution in [1.82, 2.24) is 0 Å². The second kappa shape index (κ2) is 6.61. The van der Waals surface area contributed by atoms with E-state index < -0.39 is 6.10 Å². The highest BCUT2D eigenvalue weighted by molar-refractivity contribution is 7.99. The van der Waals surface area contributed by atoms with E-state index in [0.29, 0.717) is 12.4 Å². The van der Waals surface area contributed by atoms with Gasteiger partial charge in [-0.3, -0.25) is 9.59 Å². The first-order valence-corrected chi connectivity index (χ1v) is 7.26. The fourth-order valence-corrected chi connectivity index (χ4v) is 2.82. The average molecular weight is 280 g/mol. The molecule has 19 heavy (non-hydrogen) atoms. The Labute approximate surface area is 116 Å². The monoisotopic (exact) mass is 280 g/mol. The van der Waals surface area contributed by atoms with Gasteiger partial charge in [-0.15, -0.1) is 11.8 Å². The van der Waals surface area contributed by atoms with Crippen molar-refractivity contribution in [3.05, 3.63) is 24.3 Å². The first-order chi connectivity index (χ1) is 9.20. The Hall–Kier alpha value is -1.49. The summed E-state index contributed by atoms with van der Waals surface area (Å²) in [5, 5.41) is 0. The highest BCUT2D eigenvalue weighted by atomic mass is 32.2. The molecule has 0 amide bonds. The lowest BCUT2D eigenvalue weighted by Crippen LogP contribution is -2.32. The Balaban J connectivity index is 1.87. The number of hydrogen-bond donors (Lipinski definition) is 0. The van der Waals surface area contributed by atoms with E-state index in [1.54, 1.807) is 18.7 Å². The Morgan fingerprint density at radius 1 is 1.37 bits per heavy atom. The molecule has 0 N–H and O–H groups in total. The van der Waals surface area contributed by atoms with Crippen LogP contribution in [0.1, 0.15) is 19.8 Å². The van der Waals surface area contributed by atoms with Gasteiger partial charge in [0.25, 0.3) is 0 Å². The zero-order valence-corrected chi connectivity index (χ0v) is 11.6. The third kappa shape index (κ3) is 3.73. The van der Waals surface area contributed by atoms with Crippen LogP contribution in [0.2, 0.25) is 0 Å². The summed E-state index contributed by atoms with van der Waals surface area (Å²) in [6.45, 7) is 2.09. The van der Waals surface area contributed by atoms with Gasteiger partial charge in [0.1, 0.15) is 5.75 Å². The number of carbonyl (C=O) groups is 2. The Bertz CT molecular complexity index is 472. The first-order valence-electron chi connectivity index (χ1n) is 6.27. The molecule has 1 aliphatic rings. The van der Waals surface area contributed by atoms with E-state index in [1.165, 1.54) is 0 Å². The van der Waals surface area contributed by atoms with Crippen LogP contribution in [0.25, 0.3) is 0 Å². The average Bonchev–Trinajstić information content (AvgIpc) is 2.44. The number of Topliss-reactive ketones (excluding diaryl/α,β-unsaturated/α-hetero) is 1. The third-order valence-electron chi connectivity index (χ3n) is 2.75. The standard InChI is InChI=1S/C14H16O4S/c1-2-17-14(16)8-7-10(15)12-9-19-13-6-4-3-5-11(13)18-12/h3-6,12H,2,7-9H2,1H3. The molecule has 0 radical (unpaired) electrons. The molecule has 1 aromatic rings. The molecule has 0 aromatic heterocycles. The molecule has 0 fully saturated rings. The Kier molecular flexibility index (Phi) is 4.85. The van der Waals surface area contributed by atoms with Crippen molar-refractivity contribution < 1.29 is 19.1 Å². The van der Waals surface area contributed by atoms with Crippen LogP contribution < -0.4 is 4.74 Å². The fraction of sp³-hybridized carbons (Fsp3) is 0.429. The quantitative estimate of drug-likeness (QED) is 0.775. The molecule has 1 heterocycles. The summed E-state index contributed by atoms with van der Waals surface area (Å²) in [5.41, 5.74) is 0. The second-order valence-electron chi connectivity index (χ2n) is 4.14. The van der Waals surface area contributed by atoms with Gasteiger partial charge < -0.3 is 9.47 Å². The smallest absolute Gasteiger partial charge is 0.306 e. The van der Waals surface area contributed by atoms with Crippen LogP contribution in [0.3, 0.4) is 0 Å². The Morgan fingerprint density at radius 3 is 2.95 bits per heavy atom. The van der Waals surface area contributed by atoms with E-state index in [9.17, 15) is 9.59 Å². The summed E-state index contributed by atoms with van der Waals surface area (Å²) in [6, 6.07) is 7.65. The summed E-state index contributed by atoms with van der Waals surface area (Å²) in [4.78, 5) is 24.2. The number of carbonyl (C=O) groups excluding carboxylic acids is 2. The number of benzene rings is 1. The van der Waals surface area contributed by atoms with E-state index in [4.69, 9.17) is 9.47 Å². The lowest BCUT2D eigenvalue weighted by molar-refractivity contribution is -0.144. The number of ketones is 1. The number of hydrogen-bond acceptors (Lipinski definition) is 5. The van der Waals surface area contributed by atoms with E-state index in [1.807, 2.05) is 24.3 Å². The molecule has 0 aliphatic carbocycles. The van der Waals surface area contributed by atoms with Crippen molar-refractivity contribution in [1.29, 1.82) is 0 Å². The molecule has 0 bridgehead atoms. The van der Waals surface area contributed by atoms with E-state index in [-0.39, 0.29) is 24.6 Å². The van der Waals surface area contributed by atoms with Gasteiger partial charge in [0.2, 0.25) is 0 Å². The van der Waals surface area contributed by atoms with Crippen LogP contribution in [-0.4, -0.2) is 30.2 Å². The maximum atomic E-state index is 12.0. The minimum Gasteiger partial charge on any atom is -0.481 e. The number of fused-ring (bicyclic) bond motifs is 1. The predicted molar refractivity (Wildman–Crippen MR) is 72.5 cm³/mol. The molecule has 1 aliphatic heterocycles. The molecular weight excluding hydrogens is 264 g/mol. The lowest BCUT2D eigenvalue weighted by Gasteiger charge is -2.24. The fourth-order valence-electron chi connectivity index (χ4n) is 1.80. The number of rotatable bonds is 5. The summed E-state index contributed by atoms with van der Waals surface area (Å²) in [5.74, 6) is 0.960. The van der Waals surface area contributed by atoms with Crippen LogP contribution in [0.4, 0.5) is 0 Å². The van der Waals surface area contributed by atoms with Crippen molar-refractivity contribution in [2.45, 2.75) is 30.8 Å². The van der Waals surface area contributed by atoms with Crippen molar-refractivity contribution in [3.63, 3.8) is 0 Å². The van der Waals surface area contributed by atoms with Crippen LogP contribution in [0, 0.1) is 0 Å². The summed E-state index contributed by atoms with van der Waals surface area (Å²) >= 11 is 1.61. The van der Waals surface area contributed by atoms with Gasteiger partial charge in [-0.25, -0.2) is 0 Å². The topological polar surface area (TPSA) is 52.6 Å². The van der Waals surface area contributed by atoms with Gasteiger partial charge in [0, 0.05) is 17.1 Å². The first kappa shape index (κ1) is 13.9. The molecule has 0 spiro atoms. The van der Waals surface area contributed by atoms with Crippen molar-refractivity contribution >= 4 is 23.5 Å². The van der Waals surface area contributed by atoms with Gasteiger partial charge >= 0.3 is 5.97 Å². The van der Waals surface area contributed by atoms with Crippen LogP contribution in [0.15, 0.2) is 29.2 Å². The Morgan fingerprint density at radius 2 is 2.16 bits per heavy atom. The normalized spacial score (nSPS) is 17.2. The molecule has 4 nitrogen and oxygen atoms in total. The molecule has 1 atom stereocenters. The summed E-state index contributed by atoms with van der Waals surface area (Å²) in [6.07, 6.45) is -0.167. The van der Waals surface area contributed by atoms with Gasteiger partial charge in [0.05, 0.1) is 13.0 Å². The van der Waals surface area contributed by atoms with E-state index in [2.05, 4.69) is 0 Å². The van der Waals surface area contributed by atoms with Crippen LogP contribution in [0.5, 0.6) is 5.75 Å². The van der Waals surface area contributed by atoms with Crippen molar-refractivity contribution in [2.24, 2.45) is 0 Å². The van der Waals surface area contributed by atoms with Crippen molar-refractivity contribution in [3.8, 4) is 5.75 Å². The van der Waals surface area contributed by atoms with Crippen LogP contribution in [-0.2, 0) is 14.3 Å². The van der Waals surface area contributed by atoms with Gasteiger partial charge in [-0.2, -0.15) is 0 Å². The third-order valence-corrected chi connectivity index (χ3v) is 3.87. The maximum Gasteiger partial charge on any atom is 0.306 e. The van der Waals surface area contributed by atoms with E-state index >= 15 is 0 Å². The van der Waals surface area contributed by atoms with Crippen molar-refractivity contribution in [2.75, 3.05) is 12.4 Å². The second-order valence-corrected chi connectivity index (χ2v) is 5.20. The molecule has 0 saturated carbocycles. The van der Waals surface area contributed by atoms with Gasteiger partial charge in [-0.05, 0) is 19.1 Å². The highest BCUT2D eigenvalue weighted by Gasteiger charge is 2.26. The largest absolute Gasteiger partial charge is 0.481 e. The minimum atomic E-state index is -0.464. The molecule has 1 aromatic carbocycles. The van der Waals surface area contributed by atoms with Crippen LogP contribution >= 0.6 is 11.8 Å². The molecule has 2 rings (SSSR count). The predicted octanol–water partition coefficient (Wildman–Crippen LogP) is 2.45. The zero-order valence-electron chi connectivity index (χ0n) is 10.8. The zero-order chi connectivity index (χ0) is 13.7. The van der Waals surface area contributed by atoms with Gasteiger partial charge in [0.15, 0.2) is 11.9 Å². The number of para-hydroxylation sites is 1. The molecular formula is C14H16O4S. The minimum absolute atomic E-state index is 0.0462. The molecule has 5 heteroatoms. The van der Waals surface area contributed by atoms with E-state index in [0.717, 1.165) is 10.6 Å². The number of ether oxygens (including phenoxy) is 2. The van der Waals surface area contributed by atoms with Gasteiger partial charge in [-0.1, -0.05) is 12.1 Å². The SMILES string of the molecule is CCOC(=O)CCC(=O)C1CSc2ccccc2O1.